The number of nitrogens with zero attached hydrogens (tertiary/aromatic N) is 4. The Kier molecular flexibility index (Phi) is 2.96. The highest BCUT2D eigenvalue weighted by Gasteiger charge is 2.53. The maximum Gasteiger partial charge on any atom is 0.234 e. The smallest absolute Gasteiger partial charge is 0.183 e. The molecule has 2 aromatic heterocycles. The fourth-order valence-electron chi connectivity index (χ4n) is 6.01. The summed E-state index contributed by atoms with van der Waals surface area (Å²) in [5.74, 6) is 3.52. The minimum absolute atomic E-state index is 0.303. The minimum Gasteiger partial charge on any atom is -0.183 e. The molecule has 25 heavy (non-hydrogen) atoms. The van der Waals surface area contributed by atoms with Crippen LogP contribution < -0.4 is 0 Å². The molecule has 0 N–H and O–H groups in total. The van der Waals surface area contributed by atoms with Crippen LogP contribution in [0, 0.1) is 17.8 Å². The number of hydrogen-bond acceptors (Lipinski definition) is 4. The average molecular weight is 371 g/mol. The van der Waals surface area contributed by atoms with Crippen LogP contribution in [-0.2, 0) is 5.41 Å². The van der Waals surface area contributed by atoms with E-state index >= 15 is 0 Å². The van der Waals surface area contributed by atoms with Gasteiger partial charge in [-0.3, -0.25) is 0 Å². The van der Waals surface area contributed by atoms with Crippen LogP contribution in [0.4, 0.5) is 0 Å². The molecule has 0 aliphatic heterocycles. The van der Waals surface area contributed by atoms with Crippen molar-refractivity contribution in [2.45, 2.75) is 43.9 Å². The van der Waals surface area contributed by atoms with E-state index in [1.54, 1.807) is 11.3 Å². The first kappa shape index (κ1) is 14.7. The summed E-state index contributed by atoms with van der Waals surface area (Å²) in [5.41, 5.74) is 1.21. The molecule has 7 rings (SSSR count). The van der Waals surface area contributed by atoms with E-state index in [1.165, 1.54) is 43.5 Å². The van der Waals surface area contributed by atoms with Gasteiger partial charge >= 0.3 is 0 Å². The van der Waals surface area contributed by atoms with Crippen LogP contribution in [0.1, 0.15) is 43.5 Å². The topological polar surface area (TPSA) is 43.1 Å². The lowest BCUT2D eigenvalue weighted by molar-refractivity contribution is -0.00565. The van der Waals surface area contributed by atoms with Crippen LogP contribution in [0.15, 0.2) is 24.3 Å². The molecule has 4 fully saturated rings. The van der Waals surface area contributed by atoms with Gasteiger partial charge in [0.1, 0.15) is 5.01 Å². The molecule has 2 heterocycles. The molecule has 4 aliphatic rings. The second-order valence-electron chi connectivity index (χ2n) is 8.30. The average Bonchev–Trinajstić information content (AvgIpc) is 3.15. The first-order valence-corrected chi connectivity index (χ1v) is 10.4. The third kappa shape index (κ3) is 2.08. The van der Waals surface area contributed by atoms with Crippen LogP contribution in [-0.4, -0.2) is 19.8 Å². The largest absolute Gasteiger partial charge is 0.234 e. The molecule has 0 spiro atoms. The predicted molar refractivity (Wildman–Crippen MR) is 99.0 cm³/mol. The van der Waals surface area contributed by atoms with Crippen LogP contribution in [0.25, 0.3) is 16.3 Å². The van der Waals surface area contributed by atoms with Crippen LogP contribution >= 0.6 is 22.9 Å². The van der Waals surface area contributed by atoms with Gasteiger partial charge in [0.05, 0.1) is 5.02 Å². The maximum atomic E-state index is 6.37. The normalized spacial score (nSPS) is 33.4. The predicted octanol–water partition coefficient (Wildman–Crippen LogP) is 4.97. The number of halogens is 1. The summed E-state index contributed by atoms with van der Waals surface area (Å²) in [6.45, 7) is 0. The number of fused-ring (bicyclic) bond motifs is 1. The van der Waals surface area contributed by atoms with E-state index in [4.69, 9.17) is 16.7 Å². The molecule has 4 aliphatic carbocycles. The quantitative estimate of drug-likeness (QED) is 0.639. The highest BCUT2D eigenvalue weighted by Crippen LogP contribution is 2.61. The number of aromatic nitrogens is 4. The molecule has 3 aromatic rings. The Bertz CT molecular complexity index is 940. The van der Waals surface area contributed by atoms with Crippen molar-refractivity contribution < 1.29 is 0 Å². The third-order valence-electron chi connectivity index (χ3n) is 6.60. The zero-order chi connectivity index (χ0) is 16.6. The van der Waals surface area contributed by atoms with E-state index in [-0.39, 0.29) is 0 Å². The summed E-state index contributed by atoms with van der Waals surface area (Å²) in [7, 11) is 0. The first-order chi connectivity index (χ1) is 12.2. The Morgan fingerprint density at radius 2 is 1.68 bits per heavy atom. The second-order valence-corrected chi connectivity index (χ2v) is 9.67. The number of hydrogen-bond donors (Lipinski definition) is 0. The Labute approximate surface area is 155 Å². The lowest BCUT2D eigenvalue weighted by atomic mass is 9.50. The van der Waals surface area contributed by atoms with Crippen molar-refractivity contribution in [1.29, 1.82) is 0 Å². The van der Waals surface area contributed by atoms with Crippen molar-refractivity contribution in [3.8, 4) is 11.4 Å². The summed E-state index contributed by atoms with van der Waals surface area (Å²) < 4.78 is 1.92. The van der Waals surface area contributed by atoms with Gasteiger partial charge in [0.2, 0.25) is 4.96 Å². The lowest BCUT2D eigenvalue weighted by Gasteiger charge is -2.55. The van der Waals surface area contributed by atoms with E-state index in [0.717, 1.165) is 34.1 Å². The monoisotopic (exact) mass is 370 g/mol. The Morgan fingerprint density at radius 3 is 2.36 bits per heavy atom. The van der Waals surface area contributed by atoms with Crippen molar-refractivity contribution in [2.24, 2.45) is 17.8 Å². The zero-order valence-corrected chi connectivity index (χ0v) is 15.4. The molecule has 0 unspecified atom stereocenters. The van der Waals surface area contributed by atoms with E-state index in [0.29, 0.717) is 10.4 Å². The van der Waals surface area contributed by atoms with Crippen molar-refractivity contribution in [3.63, 3.8) is 0 Å². The van der Waals surface area contributed by atoms with Crippen LogP contribution in [0.3, 0.4) is 0 Å². The number of rotatable bonds is 2. The molecule has 0 amide bonds. The van der Waals surface area contributed by atoms with Gasteiger partial charge in [0, 0.05) is 11.0 Å². The fraction of sp³-hybridized carbons (Fsp3) is 0.526. The number of benzene rings is 1. The summed E-state index contributed by atoms with van der Waals surface area (Å²) in [6, 6.07) is 7.80. The maximum absolute atomic E-state index is 6.37. The van der Waals surface area contributed by atoms with E-state index in [2.05, 4.69) is 10.2 Å². The Morgan fingerprint density at radius 1 is 1.00 bits per heavy atom. The second kappa shape index (κ2) is 5.04. The summed E-state index contributed by atoms with van der Waals surface area (Å²) in [4.78, 5) is 0.890. The highest BCUT2D eigenvalue weighted by molar-refractivity contribution is 7.16. The van der Waals surface area contributed by atoms with Gasteiger partial charge < -0.3 is 0 Å². The van der Waals surface area contributed by atoms with Gasteiger partial charge in [0.15, 0.2) is 5.82 Å². The Hall–Kier alpha value is -1.46. The van der Waals surface area contributed by atoms with Gasteiger partial charge in [-0.2, -0.15) is 9.61 Å². The summed E-state index contributed by atoms with van der Waals surface area (Å²) in [6.07, 6.45) is 8.33. The first-order valence-electron chi connectivity index (χ1n) is 9.18. The van der Waals surface area contributed by atoms with Gasteiger partial charge in [0.25, 0.3) is 0 Å². The van der Waals surface area contributed by atoms with Crippen molar-refractivity contribution in [1.82, 2.24) is 19.8 Å². The van der Waals surface area contributed by atoms with Crippen LogP contribution in [0.5, 0.6) is 0 Å². The van der Waals surface area contributed by atoms with Crippen LogP contribution in [0.2, 0.25) is 5.02 Å². The molecule has 1 aromatic carbocycles. The third-order valence-corrected chi connectivity index (χ3v) is 8.07. The zero-order valence-electron chi connectivity index (χ0n) is 13.9. The van der Waals surface area contributed by atoms with Gasteiger partial charge in [-0.25, -0.2) is 0 Å². The highest BCUT2D eigenvalue weighted by atomic mass is 35.5. The molecular weight excluding hydrogens is 352 g/mol. The Balaban J connectivity index is 1.47. The molecule has 128 valence electrons. The van der Waals surface area contributed by atoms with E-state index in [9.17, 15) is 0 Å². The lowest BCUT2D eigenvalue weighted by Crippen LogP contribution is -2.48. The molecule has 6 heteroatoms. The van der Waals surface area contributed by atoms with Gasteiger partial charge in [-0.1, -0.05) is 35.1 Å². The SMILES string of the molecule is Clc1ccccc1-c1nnc2sc(C34CC5CC(CC(C5)C3)C4)nn12. The molecule has 0 atom stereocenters. The van der Waals surface area contributed by atoms with Gasteiger partial charge in [-0.15, -0.1) is 10.2 Å². The van der Waals surface area contributed by atoms with Crippen molar-refractivity contribution >= 4 is 27.9 Å². The minimum atomic E-state index is 0.303. The molecule has 0 saturated heterocycles. The summed E-state index contributed by atoms with van der Waals surface area (Å²) in [5, 5.41) is 15.8. The standard InChI is InChI=1S/C19H19ClN4S/c20-15-4-2-1-3-14(15)16-21-22-18-24(16)23-17(25-18)19-8-11-5-12(9-19)7-13(6-11)10-19/h1-4,11-13H,5-10H2. The van der Waals surface area contributed by atoms with Gasteiger partial charge in [-0.05, 0) is 68.4 Å². The van der Waals surface area contributed by atoms with Crippen molar-refractivity contribution in [3.05, 3.63) is 34.3 Å². The summed E-state index contributed by atoms with van der Waals surface area (Å²) >= 11 is 8.12. The fourth-order valence-corrected chi connectivity index (χ4v) is 7.29. The molecule has 4 saturated carbocycles. The van der Waals surface area contributed by atoms with E-state index < -0.39 is 0 Å². The van der Waals surface area contributed by atoms with Crippen molar-refractivity contribution in [2.75, 3.05) is 0 Å². The molecule has 0 radical (unpaired) electrons. The molecule has 4 nitrogen and oxygen atoms in total. The molecular formula is C19H19ClN4S. The van der Waals surface area contributed by atoms with E-state index in [1.807, 2.05) is 28.8 Å². The molecule has 4 bridgehead atoms.